The number of carboxylic acids is 2. The van der Waals surface area contributed by atoms with Crippen LogP contribution in [0.4, 0.5) is 0 Å². The molecule has 0 radical (unpaired) electrons. The second kappa shape index (κ2) is 4.75. The smallest absolute Gasteiger partial charge is 0.348 e. The predicted molar refractivity (Wildman–Crippen MR) is 66.5 cm³/mol. The van der Waals surface area contributed by atoms with Crippen LogP contribution in [-0.2, 0) is 0 Å². The van der Waals surface area contributed by atoms with Crippen LogP contribution in [0, 0.1) is 0 Å². The minimum absolute atomic E-state index is 0.140. The second-order valence-electron chi connectivity index (χ2n) is 3.35. The molecule has 0 aliphatic heterocycles. The van der Waals surface area contributed by atoms with E-state index >= 15 is 0 Å². The fourth-order valence-electron chi connectivity index (χ4n) is 1.44. The molecule has 0 spiro atoms. The maximum atomic E-state index is 11.1. The number of carbonyl (C=O) groups is 2. The zero-order valence-corrected chi connectivity index (χ0v) is 10.3. The van der Waals surface area contributed by atoms with Crippen LogP contribution in [0.15, 0.2) is 24.3 Å². The van der Waals surface area contributed by atoms with Gasteiger partial charge in [0.1, 0.15) is 10.4 Å². The maximum Gasteiger partial charge on any atom is 0.348 e. The molecule has 0 atom stereocenters. The molecule has 0 amide bonds. The zero-order valence-electron chi connectivity index (χ0n) is 8.75. The quantitative estimate of drug-likeness (QED) is 0.904. The number of nitrogens with zero attached hydrogens (tertiary/aromatic N) is 1. The van der Waals surface area contributed by atoms with Crippen molar-refractivity contribution in [3.63, 3.8) is 0 Å². The summed E-state index contributed by atoms with van der Waals surface area (Å²) in [5, 5.41) is 18.5. The lowest BCUT2D eigenvalue weighted by molar-refractivity contribution is 0.0656. The minimum atomic E-state index is -1.31. The molecule has 0 saturated heterocycles. The van der Waals surface area contributed by atoms with Crippen molar-refractivity contribution in [3.05, 3.63) is 39.7 Å². The second-order valence-corrected chi connectivity index (χ2v) is 4.56. The highest BCUT2D eigenvalue weighted by molar-refractivity contribution is 7.08. The Kier molecular flexibility index (Phi) is 3.31. The topological polar surface area (TPSA) is 87.5 Å². The summed E-state index contributed by atoms with van der Waals surface area (Å²) in [5.41, 5.74) is 0.358. The van der Waals surface area contributed by atoms with E-state index in [1.807, 2.05) is 0 Å². The monoisotopic (exact) mass is 283 g/mol. The van der Waals surface area contributed by atoms with Gasteiger partial charge >= 0.3 is 11.9 Å². The first-order chi connectivity index (χ1) is 8.50. The van der Waals surface area contributed by atoms with Crippen LogP contribution in [0.5, 0.6) is 0 Å². The van der Waals surface area contributed by atoms with E-state index in [0.717, 1.165) is 0 Å². The van der Waals surface area contributed by atoms with E-state index in [1.54, 1.807) is 24.3 Å². The van der Waals surface area contributed by atoms with Gasteiger partial charge < -0.3 is 10.2 Å². The first-order valence-electron chi connectivity index (χ1n) is 4.73. The van der Waals surface area contributed by atoms with Crippen molar-refractivity contribution in [2.24, 2.45) is 0 Å². The summed E-state index contributed by atoms with van der Waals surface area (Å²) in [5.74, 6) is -2.61. The zero-order chi connectivity index (χ0) is 13.3. The number of aromatic nitrogens is 1. The number of hydrogen-bond donors (Lipinski definition) is 2. The normalized spacial score (nSPS) is 10.3. The lowest BCUT2D eigenvalue weighted by Gasteiger charge is -2.00. The summed E-state index contributed by atoms with van der Waals surface area (Å²) in [7, 11) is 0. The summed E-state index contributed by atoms with van der Waals surface area (Å²) >= 11 is 6.38. The van der Waals surface area contributed by atoms with Crippen LogP contribution >= 0.6 is 23.1 Å². The number of aromatic carboxylic acids is 2. The standard InChI is InChI=1S/C11H6ClNO4S/c12-6-3-1-5(2-4-6)8-7(10(14)15)9(11(16)17)18-13-8/h1-4H,(H,14,15)(H,16,17). The van der Waals surface area contributed by atoms with Crippen molar-refractivity contribution >= 4 is 35.1 Å². The number of carboxylic acid groups (broad SMARTS) is 2. The van der Waals surface area contributed by atoms with Gasteiger partial charge in [0.15, 0.2) is 0 Å². The average Bonchev–Trinajstić information content (AvgIpc) is 2.74. The van der Waals surface area contributed by atoms with Crippen LogP contribution in [-0.4, -0.2) is 26.5 Å². The van der Waals surface area contributed by atoms with Gasteiger partial charge in [-0.2, -0.15) is 4.37 Å². The van der Waals surface area contributed by atoms with Gasteiger partial charge in [0.2, 0.25) is 0 Å². The largest absolute Gasteiger partial charge is 0.478 e. The summed E-state index contributed by atoms with van der Waals surface area (Å²) in [6.07, 6.45) is 0. The first kappa shape index (κ1) is 12.5. The van der Waals surface area contributed by atoms with Gasteiger partial charge in [-0.3, -0.25) is 0 Å². The molecule has 0 fully saturated rings. The molecule has 1 aromatic carbocycles. The Morgan fingerprint density at radius 3 is 2.22 bits per heavy atom. The Bertz CT molecular complexity index is 620. The molecule has 92 valence electrons. The summed E-state index contributed by atoms with van der Waals surface area (Å²) < 4.78 is 3.90. The molecule has 2 aromatic rings. The van der Waals surface area contributed by atoms with Crippen molar-refractivity contribution in [2.45, 2.75) is 0 Å². The van der Waals surface area contributed by atoms with E-state index in [-0.39, 0.29) is 16.1 Å². The molecule has 2 rings (SSSR count). The number of halogens is 1. The predicted octanol–water partition coefficient (Wildman–Crippen LogP) is 2.86. The Morgan fingerprint density at radius 1 is 1.11 bits per heavy atom. The van der Waals surface area contributed by atoms with Crippen LogP contribution in [0.2, 0.25) is 5.02 Å². The first-order valence-corrected chi connectivity index (χ1v) is 5.88. The Balaban J connectivity index is 2.61. The molecule has 5 nitrogen and oxygen atoms in total. The average molecular weight is 284 g/mol. The molecule has 18 heavy (non-hydrogen) atoms. The van der Waals surface area contributed by atoms with Crippen molar-refractivity contribution in [1.29, 1.82) is 0 Å². The third-order valence-corrected chi connectivity index (χ3v) is 3.31. The molecule has 2 N–H and O–H groups in total. The molecule has 1 aromatic heterocycles. The molecular formula is C11H6ClNO4S. The van der Waals surface area contributed by atoms with E-state index in [2.05, 4.69) is 4.37 Å². The third kappa shape index (κ3) is 2.20. The fraction of sp³-hybridized carbons (Fsp3) is 0. The molecule has 0 saturated carbocycles. The lowest BCUT2D eigenvalue weighted by atomic mass is 10.1. The van der Waals surface area contributed by atoms with Gasteiger partial charge in [-0.05, 0) is 23.7 Å². The van der Waals surface area contributed by atoms with Crippen molar-refractivity contribution in [3.8, 4) is 11.3 Å². The van der Waals surface area contributed by atoms with Crippen LogP contribution in [0.3, 0.4) is 0 Å². The van der Waals surface area contributed by atoms with E-state index < -0.39 is 11.9 Å². The Labute approximate surface area is 110 Å². The lowest BCUT2D eigenvalue weighted by Crippen LogP contribution is -2.05. The number of benzene rings is 1. The fourth-order valence-corrected chi connectivity index (χ4v) is 2.30. The summed E-state index contributed by atoms with van der Waals surface area (Å²) in [4.78, 5) is 21.8. The summed E-state index contributed by atoms with van der Waals surface area (Å²) in [6, 6.07) is 6.36. The van der Waals surface area contributed by atoms with E-state index in [0.29, 0.717) is 22.1 Å². The van der Waals surface area contributed by atoms with Crippen LogP contribution < -0.4 is 0 Å². The third-order valence-electron chi connectivity index (χ3n) is 2.22. The minimum Gasteiger partial charge on any atom is -0.478 e. The van der Waals surface area contributed by atoms with Crippen LogP contribution in [0.25, 0.3) is 11.3 Å². The van der Waals surface area contributed by atoms with Gasteiger partial charge in [-0.25, -0.2) is 9.59 Å². The van der Waals surface area contributed by atoms with Crippen LogP contribution in [0.1, 0.15) is 20.0 Å². The molecular weight excluding hydrogens is 278 g/mol. The van der Waals surface area contributed by atoms with Crippen molar-refractivity contribution in [2.75, 3.05) is 0 Å². The molecule has 0 aliphatic carbocycles. The van der Waals surface area contributed by atoms with Gasteiger partial charge in [0.25, 0.3) is 0 Å². The van der Waals surface area contributed by atoms with Gasteiger partial charge in [-0.15, -0.1) is 0 Å². The number of hydrogen-bond acceptors (Lipinski definition) is 4. The highest BCUT2D eigenvalue weighted by atomic mass is 35.5. The van der Waals surface area contributed by atoms with Gasteiger partial charge in [0.05, 0.1) is 5.69 Å². The Morgan fingerprint density at radius 2 is 1.72 bits per heavy atom. The van der Waals surface area contributed by atoms with E-state index in [4.69, 9.17) is 21.8 Å². The highest BCUT2D eigenvalue weighted by Crippen LogP contribution is 2.29. The number of rotatable bonds is 3. The SMILES string of the molecule is O=C(O)c1snc(-c2ccc(Cl)cc2)c1C(=O)O. The van der Waals surface area contributed by atoms with Crippen molar-refractivity contribution < 1.29 is 19.8 Å². The Hall–Kier alpha value is -1.92. The van der Waals surface area contributed by atoms with E-state index in [9.17, 15) is 9.59 Å². The van der Waals surface area contributed by atoms with E-state index in [1.165, 1.54) is 0 Å². The maximum absolute atomic E-state index is 11.1. The van der Waals surface area contributed by atoms with Crippen molar-refractivity contribution in [1.82, 2.24) is 4.37 Å². The molecule has 0 aliphatic rings. The highest BCUT2D eigenvalue weighted by Gasteiger charge is 2.25. The molecule has 7 heteroatoms. The van der Waals surface area contributed by atoms with Gasteiger partial charge in [0, 0.05) is 10.6 Å². The molecule has 1 heterocycles. The summed E-state index contributed by atoms with van der Waals surface area (Å²) in [6.45, 7) is 0. The molecule has 0 bridgehead atoms. The molecule has 0 unspecified atom stereocenters. The van der Waals surface area contributed by atoms with Gasteiger partial charge in [-0.1, -0.05) is 23.7 Å².